The number of alkyl halides is 1. The molecular formula is C15H16Cl2N2. The van der Waals surface area contributed by atoms with E-state index < -0.39 is 0 Å². The summed E-state index contributed by atoms with van der Waals surface area (Å²) < 4.78 is 2.31. The SMILES string of the molecule is ClCc1nc2ccc(Cl)cc2n1CC1(C2CC2)CC1. The second-order valence-corrected chi connectivity index (χ2v) is 6.72. The molecule has 2 fully saturated rings. The molecule has 0 amide bonds. The molecule has 0 N–H and O–H groups in total. The van der Waals surface area contributed by atoms with Crippen molar-refractivity contribution in [3.8, 4) is 0 Å². The highest BCUT2D eigenvalue weighted by molar-refractivity contribution is 6.31. The van der Waals surface area contributed by atoms with Crippen LogP contribution in [-0.2, 0) is 12.4 Å². The third-order valence-electron chi connectivity index (χ3n) is 4.72. The quantitative estimate of drug-likeness (QED) is 0.753. The molecule has 0 bridgehead atoms. The van der Waals surface area contributed by atoms with Gasteiger partial charge in [-0.3, -0.25) is 0 Å². The van der Waals surface area contributed by atoms with Gasteiger partial charge < -0.3 is 4.57 Å². The summed E-state index contributed by atoms with van der Waals surface area (Å²) in [4.78, 5) is 4.64. The Hall–Kier alpha value is -0.730. The first kappa shape index (κ1) is 12.0. The van der Waals surface area contributed by atoms with Crippen LogP contribution < -0.4 is 0 Å². The lowest BCUT2D eigenvalue weighted by molar-refractivity contribution is 0.371. The summed E-state index contributed by atoms with van der Waals surface area (Å²) in [5.74, 6) is 2.38. The molecule has 0 unspecified atom stereocenters. The summed E-state index contributed by atoms with van der Waals surface area (Å²) in [6, 6.07) is 5.90. The van der Waals surface area contributed by atoms with Crippen LogP contribution in [0.3, 0.4) is 0 Å². The molecule has 4 heteroatoms. The minimum Gasteiger partial charge on any atom is -0.326 e. The molecule has 2 aliphatic carbocycles. The predicted molar refractivity (Wildman–Crippen MR) is 78.7 cm³/mol. The van der Waals surface area contributed by atoms with Gasteiger partial charge in [0, 0.05) is 11.6 Å². The standard InChI is InChI=1S/C15H16Cl2N2/c16-8-14-18-12-4-3-11(17)7-13(12)19(14)9-15(5-6-15)10-1-2-10/h3-4,7,10H,1-2,5-6,8-9H2. The molecule has 0 spiro atoms. The molecule has 1 aromatic carbocycles. The van der Waals surface area contributed by atoms with Gasteiger partial charge in [0.1, 0.15) is 5.82 Å². The highest BCUT2D eigenvalue weighted by atomic mass is 35.5. The van der Waals surface area contributed by atoms with Crippen LogP contribution in [0.4, 0.5) is 0 Å². The molecule has 0 atom stereocenters. The predicted octanol–water partition coefficient (Wildman–Crippen LogP) is 4.62. The van der Waals surface area contributed by atoms with Gasteiger partial charge in [-0.05, 0) is 55.2 Å². The minimum absolute atomic E-state index is 0.465. The van der Waals surface area contributed by atoms with Crippen molar-refractivity contribution >= 4 is 34.2 Å². The normalized spacial score (nSPS) is 20.9. The van der Waals surface area contributed by atoms with E-state index in [9.17, 15) is 0 Å². The summed E-state index contributed by atoms with van der Waals surface area (Å²) in [5, 5.41) is 0.769. The molecule has 1 aromatic heterocycles. The Balaban J connectivity index is 1.80. The van der Waals surface area contributed by atoms with Gasteiger partial charge in [0.15, 0.2) is 0 Å². The van der Waals surface area contributed by atoms with Gasteiger partial charge in [-0.15, -0.1) is 11.6 Å². The number of imidazole rings is 1. The summed E-state index contributed by atoms with van der Waals surface area (Å²) in [6.07, 6.45) is 5.53. The topological polar surface area (TPSA) is 17.8 Å². The van der Waals surface area contributed by atoms with E-state index in [0.717, 1.165) is 34.3 Å². The van der Waals surface area contributed by atoms with E-state index in [4.69, 9.17) is 23.2 Å². The lowest BCUT2D eigenvalue weighted by atomic mass is 10.0. The maximum atomic E-state index is 6.13. The van der Waals surface area contributed by atoms with E-state index in [-0.39, 0.29) is 0 Å². The highest BCUT2D eigenvalue weighted by Gasteiger charge is 2.54. The molecule has 2 aromatic rings. The Labute approximate surface area is 122 Å². The van der Waals surface area contributed by atoms with Gasteiger partial charge in [0.2, 0.25) is 0 Å². The van der Waals surface area contributed by atoms with Crippen LogP contribution in [0.2, 0.25) is 5.02 Å². The molecule has 2 saturated carbocycles. The van der Waals surface area contributed by atoms with Gasteiger partial charge in [0.25, 0.3) is 0 Å². The smallest absolute Gasteiger partial charge is 0.124 e. The minimum atomic E-state index is 0.465. The van der Waals surface area contributed by atoms with Crippen LogP contribution >= 0.6 is 23.2 Å². The molecule has 2 nitrogen and oxygen atoms in total. The largest absolute Gasteiger partial charge is 0.326 e. The van der Waals surface area contributed by atoms with E-state index in [0.29, 0.717) is 11.3 Å². The number of hydrogen-bond donors (Lipinski definition) is 0. The fourth-order valence-electron chi connectivity index (χ4n) is 3.29. The molecule has 4 rings (SSSR count). The van der Waals surface area contributed by atoms with Crippen LogP contribution in [0.5, 0.6) is 0 Å². The van der Waals surface area contributed by atoms with Crippen molar-refractivity contribution in [3.63, 3.8) is 0 Å². The van der Waals surface area contributed by atoms with Crippen molar-refractivity contribution in [1.29, 1.82) is 0 Å². The first-order valence-electron chi connectivity index (χ1n) is 6.92. The van der Waals surface area contributed by atoms with Gasteiger partial charge in [-0.1, -0.05) is 11.6 Å². The van der Waals surface area contributed by atoms with Crippen molar-refractivity contribution in [2.75, 3.05) is 0 Å². The Kier molecular flexibility index (Phi) is 2.62. The molecule has 2 aliphatic rings. The first-order chi connectivity index (χ1) is 9.22. The number of hydrogen-bond acceptors (Lipinski definition) is 1. The zero-order chi connectivity index (χ0) is 13.0. The number of halogens is 2. The summed E-state index contributed by atoms with van der Waals surface area (Å²) in [6.45, 7) is 1.07. The van der Waals surface area contributed by atoms with Gasteiger partial charge in [-0.2, -0.15) is 0 Å². The molecule has 0 radical (unpaired) electrons. The van der Waals surface area contributed by atoms with Crippen LogP contribution in [0.25, 0.3) is 11.0 Å². The highest BCUT2D eigenvalue weighted by Crippen LogP contribution is 2.62. The number of fused-ring (bicyclic) bond motifs is 1. The molecular weight excluding hydrogens is 279 g/mol. The van der Waals surface area contributed by atoms with Gasteiger partial charge in [0.05, 0.1) is 16.9 Å². The third kappa shape index (κ3) is 1.96. The van der Waals surface area contributed by atoms with Crippen molar-refractivity contribution in [1.82, 2.24) is 9.55 Å². The third-order valence-corrected chi connectivity index (χ3v) is 5.19. The summed E-state index contributed by atoms with van der Waals surface area (Å²) in [7, 11) is 0. The summed E-state index contributed by atoms with van der Waals surface area (Å²) in [5.41, 5.74) is 2.68. The first-order valence-corrected chi connectivity index (χ1v) is 7.84. The van der Waals surface area contributed by atoms with Gasteiger partial charge in [-0.25, -0.2) is 4.98 Å². The zero-order valence-electron chi connectivity index (χ0n) is 10.7. The van der Waals surface area contributed by atoms with Crippen LogP contribution in [0.15, 0.2) is 18.2 Å². The van der Waals surface area contributed by atoms with Gasteiger partial charge >= 0.3 is 0 Å². The molecule has 0 saturated heterocycles. The van der Waals surface area contributed by atoms with E-state index in [1.807, 2.05) is 18.2 Å². The van der Waals surface area contributed by atoms with Crippen molar-refractivity contribution in [2.24, 2.45) is 11.3 Å². The van der Waals surface area contributed by atoms with Crippen LogP contribution in [0.1, 0.15) is 31.5 Å². The average Bonchev–Trinajstić information content (AvgIpc) is 3.28. The lowest BCUT2D eigenvalue weighted by Crippen LogP contribution is -2.15. The zero-order valence-corrected chi connectivity index (χ0v) is 12.2. The average molecular weight is 295 g/mol. The molecule has 1 heterocycles. The van der Waals surface area contributed by atoms with Crippen LogP contribution in [0, 0.1) is 11.3 Å². The van der Waals surface area contributed by atoms with E-state index in [1.165, 1.54) is 25.7 Å². The second-order valence-electron chi connectivity index (χ2n) is 6.02. The van der Waals surface area contributed by atoms with Crippen molar-refractivity contribution in [2.45, 2.75) is 38.1 Å². The van der Waals surface area contributed by atoms with E-state index in [2.05, 4.69) is 9.55 Å². The van der Waals surface area contributed by atoms with E-state index in [1.54, 1.807) is 0 Å². The molecule has 19 heavy (non-hydrogen) atoms. The Morgan fingerprint density at radius 1 is 1.32 bits per heavy atom. The maximum absolute atomic E-state index is 6.13. The fourth-order valence-corrected chi connectivity index (χ4v) is 3.66. The maximum Gasteiger partial charge on any atom is 0.124 e. The Bertz CT molecular complexity index is 639. The monoisotopic (exact) mass is 294 g/mol. The number of aromatic nitrogens is 2. The van der Waals surface area contributed by atoms with Crippen molar-refractivity contribution < 1.29 is 0 Å². The number of rotatable bonds is 4. The number of benzene rings is 1. The Morgan fingerprint density at radius 3 is 2.74 bits per heavy atom. The molecule has 0 aliphatic heterocycles. The molecule has 100 valence electrons. The second kappa shape index (κ2) is 4.13. The van der Waals surface area contributed by atoms with E-state index >= 15 is 0 Å². The van der Waals surface area contributed by atoms with Crippen LogP contribution in [-0.4, -0.2) is 9.55 Å². The van der Waals surface area contributed by atoms with Crippen molar-refractivity contribution in [3.05, 3.63) is 29.0 Å². The summed E-state index contributed by atoms with van der Waals surface area (Å²) >= 11 is 12.2. The lowest BCUT2D eigenvalue weighted by Gasteiger charge is -2.17. The number of nitrogens with zero attached hydrogens (tertiary/aromatic N) is 2. The Morgan fingerprint density at radius 2 is 2.11 bits per heavy atom. The fraction of sp³-hybridized carbons (Fsp3) is 0.533.